The van der Waals surface area contributed by atoms with E-state index in [1.165, 1.54) is 43.4 Å². The number of hydrogen-bond acceptors (Lipinski definition) is 2. The average molecular weight is 403 g/mol. The second-order valence-electron chi connectivity index (χ2n) is 8.92. The molecule has 0 bridgehead atoms. The lowest BCUT2D eigenvalue weighted by atomic mass is 9.88. The zero-order chi connectivity index (χ0) is 21.1. The second kappa shape index (κ2) is 9.32. The lowest BCUT2D eigenvalue weighted by molar-refractivity contribution is 0.0770. The lowest BCUT2D eigenvalue weighted by Gasteiger charge is -2.16. The molecule has 2 nitrogen and oxygen atoms in total. The first-order chi connectivity index (χ1) is 14.5. The van der Waals surface area contributed by atoms with Gasteiger partial charge in [0.15, 0.2) is 0 Å². The summed E-state index contributed by atoms with van der Waals surface area (Å²) in [7, 11) is 0. The van der Waals surface area contributed by atoms with Gasteiger partial charge in [0.1, 0.15) is 0 Å². The molecule has 0 amide bonds. The van der Waals surface area contributed by atoms with Gasteiger partial charge in [0.05, 0.1) is 12.2 Å². The van der Waals surface area contributed by atoms with Crippen LogP contribution in [0.4, 0.5) is 0 Å². The van der Waals surface area contributed by atoms with Crippen molar-refractivity contribution in [3.8, 4) is 0 Å². The molecule has 0 saturated heterocycles. The van der Waals surface area contributed by atoms with Gasteiger partial charge in [0, 0.05) is 13.2 Å². The molecule has 0 aliphatic heterocycles. The van der Waals surface area contributed by atoms with Crippen molar-refractivity contribution in [2.45, 2.75) is 65.6 Å². The minimum absolute atomic E-state index is 0.302. The molecule has 4 aromatic carbocycles. The summed E-state index contributed by atoms with van der Waals surface area (Å²) in [5.41, 5.74) is 2.86. The summed E-state index contributed by atoms with van der Waals surface area (Å²) in [6.45, 7) is 10.0. The van der Waals surface area contributed by atoms with E-state index in [0.29, 0.717) is 12.2 Å². The Kier molecular flexibility index (Phi) is 6.55. The molecule has 0 aliphatic carbocycles. The van der Waals surface area contributed by atoms with E-state index >= 15 is 0 Å². The van der Waals surface area contributed by atoms with Crippen molar-refractivity contribution in [3.63, 3.8) is 0 Å². The third kappa shape index (κ3) is 4.45. The summed E-state index contributed by atoms with van der Waals surface area (Å²) >= 11 is 0. The molecule has 0 atom stereocenters. The summed E-state index contributed by atoms with van der Waals surface area (Å²) in [6, 6.07) is 18.4. The van der Waals surface area contributed by atoms with Crippen molar-refractivity contribution >= 4 is 32.3 Å². The Bertz CT molecular complexity index is 1020. The maximum atomic E-state index is 5.76. The van der Waals surface area contributed by atoms with Crippen LogP contribution in [0.3, 0.4) is 0 Å². The van der Waals surface area contributed by atoms with E-state index in [9.17, 15) is 0 Å². The predicted molar refractivity (Wildman–Crippen MR) is 129 cm³/mol. The molecule has 0 radical (unpaired) electrons. The molecular formula is C28H34O2. The minimum Gasteiger partial charge on any atom is -0.379 e. The molecule has 4 aromatic rings. The highest BCUT2D eigenvalue weighted by Crippen LogP contribution is 2.38. The molecule has 0 spiro atoms. The summed E-state index contributed by atoms with van der Waals surface area (Å²) in [5, 5.41) is 8.32. The fourth-order valence-electron chi connectivity index (χ4n) is 4.52. The van der Waals surface area contributed by atoms with Crippen molar-refractivity contribution in [2.75, 3.05) is 13.2 Å². The molecule has 2 heteroatoms. The number of hydrogen-bond donors (Lipinski definition) is 0. The zero-order valence-electron chi connectivity index (χ0n) is 18.8. The molecule has 0 heterocycles. The highest BCUT2D eigenvalue weighted by Gasteiger charge is 2.13. The van der Waals surface area contributed by atoms with Crippen LogP contribution in [0, 0.1) is 0 Å². The molecule has 30 heavy (non-hydrogen) atoms. The van der Waals surface area contributed by atoms with Gasteiger partial charge in [-0.05, 0) is 96.8 Å². The molecule has 0 fully saturated rings. The normalized spacial score (nSPS) is 12.3. The topological polar surface area (TPSA) is 18.5 Å². The number of rotatable bonds is 10. The molecule has 4 rings (SSSR count). The lowest BCUT2D eigenvalue weighted by Crippen LogP contribution is -2.05. The summed E-state index contributed by atoms with van der Waals surface area (Å²) < 4.78 is 11.5. The van der Waals surface area contributed by atoms with E-state index < -0.39 is 0 Å². The van der Waals surface area contributed by atoms with E-state index in [1.54, 1.807) is 0 Å². The Morgan fingerprint density at radius 1 is 0.567 bits per heavy atom. The number of ether oxygens (including phenoxy) is 2. The molecular weight excluding hydrogens is 368 g/mol. The van der Waals surface area contributed by atoms with Crippen LogP contribution in [-0.4, -0.2) is 25.4 Å². The van der Waals surface area contributed by atoms with Gasteiger partial charge < -0.3 is 9.47 Å². The van der Waals surface area contributed by atoms with Crippen LogP contribution in [0.5, 0.6) is 0 Å². The van der Waals surface area contributed by atoms with Gasteiger partial charge in [-0.3, -0.25) is 0 Å². The first-order valence-electron chi connectivity index (χ1n) is 11.5. The van der Waals surface area contributed by atoms with Crippen molar-refractivity contribution in [3.05, 3.63) is 59.7 Å². The van der Waals surface area contributed by atoms with Crippen LogP contribution >= 0.6 is 0 Å². The molecule has 158 valence electrons. The molecule has 0 aliphatic rings. The monoisotopic (exact) mass is 402 g/mol. The summed E-state index contributed by atoms with van der Waals surface area (Å²) in [4.78, 5) is 0. The highest BCUT2D eigenvalue weighted by molar-refractivity contribution is 6.24. The third-order valence-corrected chi connectivity index (χ3v) is 5.93. The SMILES string of the molecule is CC(C)OCCCc1ccc2ccc3c(CCCOC(C)C)ccc4ccc1c2c43. The number of benzene rings is 4. The highest BCUT2D eigenvalue weighted by atomic mass is 16.5. The van der Waals surface area contributed by atoms with Crippen molar-refractivity contribution in [2.24, 2.45) is 0 Å². The van der Waals surface area contributed by atoms with Crippen LogP contribution in [0.1, 0.15) is 51.7 Å². The maximum Gasteiger partial charge on any atom is 0.0518 e. The van der Waals surface area contributed by atoms with Gasteiger partial charge in [-0.25, -0.2) is 0 Å². The van der Waals surface area contributed by atoms with Gasteiger partial charge >= 0.3 is 0 Å². The predicted octanol–water partition coefficient (Wildman–Crippen LogP) is 7.30. The van der Waals surface area contributed by atoms with E-state index in [4.69, 9.17) is 9.47 Å². The summed E-state index contributed by atoms with van der Waals surface area (Å²) in [6.07, 6.45) is 4.83. The van der Waals surface area contributed by atoms with Gasteiger partial charge in [0.2, 0.25) is 0 Å². The van der Waals surface area contributed by atoms with Crippen molar-refractivity contribution in [1.82, 2.24) is 0 Å². The first-order valence-corrected chi connectivity index (χ1v) is 11.5. The maximum absolute atomic E-state index is 5.76. The van der Waals surface area contributed by atoms with Gasteiger partial charge in [0.25, 0.3) is 0 Å². The first kappa shape index (κ1) is 21.1. The number of aryl methyl sites for hydroxylation is 2. The zero-order valence-corrected chi connectivity index (χ0v) is 18.8. The van der Waals surface area contributed by atoms with Crippen LogP contribution in [0.15, 0.2) is 48.5 Å². The van der Waals surface area contributed by atoms with Gasteiger partial charge in [-0.15, -0.1) is 0 Å². The largest absolute Gasteiger partial charge is 0.379 e. The third-order valence-electron chi connectivity index (χ3n) is 5.93. The van der Waals surface area contributed by atoms with E-state index in [-0.39, 0.29) is 0 Å². The minimum atomic E-state index is 0.302. The Balaban J connectivity index is 1.68. The second-order valence-corrected chi connectivity index (χ2v) is 8.92. The van der Waals surface area contributed by atoms with Crippen molar-refractivity contribution < 1.29 is 9.47 Å². The Hall–Kier alpha value is -2.16. The van der Waals surface area contributed by atoms with E-state index in [1.807, 2.05) is 0 Å². The quantitative estimate of drug-likeness (QED) is 0.205. The average Bonchev–Trinajstić information content (AvgIpc) is 2.73. The Morgan fingerprint density at radius 3 is 1.37 bits per heavy atom. The van der Waals surface area contributed by atoms with E-state index in [2.05, 4.69) is 76.2 Å². The van der Waals surface area contributed by atoms with Gasteiger partial charge in [-0.2, -0.15) is 0 Å². The van der Waals surface area contributed by atoms with Crippen LogP contribution in [0.25, 0.3) is 32.3 Å². The fourth-order valence-corrected chi connectivity index (χ4v) is 4.52. The van der Waals surface area contributed by atoms with E-state index in [0.717, 1.165) is 38.9 Å². The van der Waals surface area contributed by atoms with Crippen LogP contribution in [-0.2, 0) is 22.3 Å². The van der Waals surface area contributed by atoms with Crippen LogP contribution < -0.4 is 0 Å². The molecule has 0 aromatic heterocycles. The molecule has 0 N–H and O–H groups in total. The molecule has 0 saturated carbocycles. The Labute approximate surface area is 180 Å². The van der Waals surface area contributed by atoms with Gasteiger partial charge in [-0.1, -0.05) is 48.5 Å². The standard InChI is InChI=1S/C28H34O2/c1-19(2)29-17-5-7-21-9-11-23-14-16-26-22(8-6-18-30-20(3)4)10-12-24-13-15-25(21)27(23)28(24)26/h9-16,19-20H,5-8,17-18H2,1-4H3. The fraction of sp³-hybridized carbons (Fsp3) is 0.429. The Morgan fingerprint density at radius 2 is 0.967 bits per heavy atom. The smallest absolute Gasteiger partial charge is 0.0518 e. The van der Waals surface area contributed by atoms with Crippen LogP contribution in [0.2, 0.25) is 0 Å². The summed E-state index contributed by atoms with van der Waals surface area (Å²) in [5.74, 6) is 0. The molecule has 0 unspecified atom stereocenters. The van der Waals surface area contributed by atoms with Crippen molar-refractivity contribution in [1.29, 1.82) is 0 Å².